The third-order valence-corrected chi connectivity index (χ3v) is 4.09. The van der Waals surface area contributed by atoms with Crippen LogP contribution in [0.2, 0.25) is 0 Å². The van der Waals surface area contributed by atoms with Gasteiger partial charge in [0.15, 0.2) is 0 Å². The Hall–Kier alpha value is -0.580. The molecule has 1 saturated heterocycles. The van der Waals surface area contributed by atoms with E-state index in [1.165, 1.54) is 15.7 Å². The van der Waals surface area contributed by atoms with E-state index in [9.17, 15) is 0 Å². The second kappa shape index (κ2) is 8.01. The zero-order valence-electron chi connectivity index (χ0n) is 12.5. The van der Waals surface area contributed by atoms with Gasteiger partial charge in [-0.1, -0.05) is 19.9 Å². The van der Waals surface area contributed by atoms with Gasteiger partial charge in [-0.2, -0.15) is 0 Å². The summed E-state index contributed by atoms with van der Waals surface area (Å²) < 4.78 is 6.70. The topological polar surface area (TPSA) is 24.5 Å². The van der Waals surface area contributed by atoms with Crippen molar-refractivity contribution in [3.8, 4) is 0 Å². The molecule has 1 aromatic carbocycles. The maximum Gasteiger partial charge on any atom is 0.0641 e. The zero-order valence-corrected chi connectivity index (χ0v) is 14.1. The molecule has 1 aliphatic rings. The third-order valence-electron chi connectivity index (χ3n) is 3.46. The molecule has 3 nitrogen and oxygen atoms in total. The van der Waals surface area contributed by atoms with Gasteiger partial charge in [-0.3, -0.25) is 0 Å². The second-order valence-electron chi connectivity index (χ2n) is 5.76. The highest BCUT2D eigenvalue weighted by Crippen LogP contribution is 2.28. The van der Waals surface area contributed by atoms with E-state index in [0.29, 0.717) is 5.92 Å². The SMILES string of the molecule is CC(C)CNCc1ccc(N2CCCOCC2)c(Br)c1. The molecular formula is C16H25BrN2O. The van der Waals surface area contributed by atoms with Crippen LogP contribution in [-0.2, 0) is 11.3 Å². The highest BCUT2D eigenvalue weighted by Gasteiger charge is 2.13. The van der Waals surface area contributed by atoms with Crippen molar-refractivity contribution in [2.45, 2.75) is 26.8 Å². The number of hydrogen-bond donors (Lipinski definition) is 1. The molecule has 1 heterocycles. The Kier molecular flexibility index (Phi) is 6.33. The van der Waals surface area contributed by atoms with Crippen molar-refractivity contribution in [3.63, 3.8) is 0 Å². The fraction of sp³-hybridized carbons (Fsp3) is 0.625. The van der Waals surface area contributed by atoms with E-state index >= 15 is 0 Å². The summed E-state index contributed by atoms with van der Waals surface area (Å²) in [6, 6.07) is 6.68. The van der Waals surface area contributed by atoms with Gasteiger partial charge in [0.25, 0.3) is 0 Å². The molecule has 4 heteroatoms. The van der Waals surface area contributed by atoms with Crippen molar-refractivity contribution in [3.05, 3.63) is 28.2 Å². The number of hydrogen-bond acceptors (Lipinski definition) is 3. The Morgan fingerprint density at radius 1 is 1.30 bits per heavy atom. The van der Waals surface area contributed by atoms with E-state index in [4.69, 9.17) is 4.74 Å². The lowest BCUT2D eigenvalue weighted by atomic mass is 10.1. The molecular weight excluding hydrogens is 316 g/mol. The summed E-state index contributed by atoms with van der Waals surface area (Å²) in [4.78, 5) is 2.41. The smallest absolute Gasteiger partial charge is 0.0641 e. The van der Waals surface area contributed by atoms with E-state index in [1.54, 1.807) is 0 Å². The number of benzene rings is 1. The summed E-state index contributed by atoms with van der Waals surface area (Å²) in [5.74, 6) is 0.690. The van der Waals surface area contributed by atoms with Gasteiger partial charge in [-0.25, -0.2) is 0 Å². The fourth-order valence-corrected chi connectivity index (χ4v) is 3.09. The van der Waals surface area contributed by atoms with Crippen LogP contribution < -0.4 is 10.2 Å². The number of rotatable bonds is 5. The molecule has 20 heavy (non-hydrogen) atoms. The molecule has 0 atom stereocenters. The van der Waals surface area contributed by atoms with Crippen LogP contribution in [0, 0.1) is 5.92 Å². The van der Waals surface area contributed by atoms with Gasteiger partial charge in [0.1, 0.15) is 0 Å². The van der Waals surface area contributed by atoms with E-state index < -0.39 is 0 Å². The Morgan fingerprint density at radius 2 is 2.15 bits per heavy atom. The average Bonchev–Trinajstić information content (AvgIpc) is 2.67. The lowest BCUT2D eigenvalue weighted by Gasteiger charge is -2.23. The highest BCUT2D eigenvalue weighted by molar-refractivity contribution is 9.10. The molecule has 0 aliphatic carbocycles. The first-order valence-electron chi connectivity index (χ1n) is 7.48. The average molecular weight is 341 g/mol. The molecule has 0 spiro atoms. The number of nitrogens with zero attached hydrogens (tertiary/aromatic N) is 1. The minimum Gasteiger partial charge on any atom is -0.380 e. The summed E-state index contributed by atoms with van der Waals surface area (Å²) in [7, 11) is 0. The van der Waals surface area contributed by atoms with E-state index in [-0.39, 0.29) is 0 Å². The van der Waals surface area contributed by atoms with Gasteiger partial charge in [-0.05, 0) is 52.5 Å². The van der Waals surface area contributed by atoms with Crippen molar-refractivity contribution in [1.29, 1.82) is 0 Å². The summed E-state index contributed by atoms with van der Waals surface area (Å²) >= 11 is 3.72. The molecule has 1 aromatic rings. The van der Waals surface area contributed by atoms with Crippen LogP contribution in [0.3, 0.4) is 0 Å². The largest absolute Gasteiger partial charge is 0.380 e. The van der Waals surface area contributed by atoms with Crippen LogP contribution in [0.25, 0.3) is 0 Å². The molecule has 112 valence electrons. The van der Waals surface area contributed by atoms with Crippen LogP contribution in [0.4, 0.5) is 5.69 Å². The van der Waals surface area contributed by atoms with Crippen molar-refractivity contribution in [1.82, 2.24) is 5.32 Å². The van der Waals surface area contributed by atoms with Gasteiger partial charge >= 0.3 is 0 Å². The van der Waals surface area contributed by atoms with Gasteiger partial charge in [-0.15, -0.1) is 0 Å². The first-order valence-corrected chi connectivity index (χ1v) is 8.28. The molecule has 0 saturated carbocycles. The van der Waals surface area contributed by atoms with Crippen molar-refractivity contribution >= 4 is 21.6 Å². The first kappa shape index (κ1) is 15.8. The van der Waals surface area contributed by atoms with E-state index in [1.807, 2.05) is 0 Å². The predicted molar refractivity (Wildman–Crippen MR) is 88.3 cm³/mol. The summed E-state index contributed by atoms with van der Waals surface area (Å²) in [6.45, 7) is 10.2. The maximum atomic E-state index is 5.52. The summed E-state index contributed by atoms with van der Waals surface area (Å²) in [5.41, 5.74) is 2.61. The second-order valence-corrected chi connectivity index (χ2v) is 6.62. The Labute approximate surface area is 130 Å². The number of ether oxygens (including phenoxy) is 1. The first-order chi connectivity index (χ1) is 9.66. The normalized spacial score (nSPS) is 16.5. The Morgan fingerprint density at radius 3 is 2.90 bits per heavy atom. The number of anilines is 1. The summed E-state index contributed by atoms with van der Waals surface area (Å²) in [5, 5.41) is 3.48. The van der Waals surface area contributed by atoms with Crippen molar-refractivity contribution in [2.24, 2.45) is 5.92 Å². The Balaban J connectivity index is 1.97. The molecule has 1 N–H and O–H groups in total. The summed E-state index contributed by atoms with van der Waals surface area (Å²) in [6.07, 6.45) is 1.10. The molecule has 0 unspecified atom stereocenters. The monoisotopic (exact) mass is 340 g/mol. The molecule has 1 aliphatic heterocycles. The standard InChI is InChI=1S/C16H25BrN2O/c1-13(2)11-18-12-14-4-5-16(15(17)10-14)19-6-3-8-20-9-7-19/h4-5,10,13,18H,3,6-9,11-12H2,1-2H3. The lowest BCUT2D eigenvalue weighted by Crippen LogP contribution is -2.26. The fourth-order valence-electron chi connectivity index (χ4n) is 2.41. The quantitative estimate of drug-likeness (QED) is 0.888. The predicted octanol–water partition coefficient (Wildman–Crippen LogP) is 3.42. The molecule has 0 bridgehead atoms. The van der Waals surface area contributed by atoms with Crippen LogP contribution in [0.5, 0.6) is 0 Å². The molecule has 1 fully saturated rings. The van der Waals surface area contributed by atoms with Gasteiger partial charge in [0.05, 0.1) is 12.3 Å². The van der Waals surface area contributed by atoms with Crippen LogP contribution in [0.1, 0.15) is 25.8 Å². The number of nitrogens with one attached hydrogen (secondary N) is 1. The highest BCUT2D eigenvalue weighted by atomic mass is 79.9. The molecule has 0 amide bonds. The van der Waals surface area contributed by atoms with Gasteiger partial charge in [0, 0.05) is 30.7 Å². The maximum absolute atomic E-state index is 5.52. The van der Waals surface area contributed by atoms with Crippen LogP contribution >= 0.6 is 15.9 Å². The lowest BCUT2D eigenvalue weighted by molar-refractivity contribution is 0.152. The zero-order chi connectivity index (χ0) is 14.4. The van der Waals surface area contributed by atoms with Crippen molar-refractivity contribution < 1.29 is 4.74 Å². The van der Waals surface area contributed by atoms with Gasteiger partial charge in [0.2, 0.25) is 0 Å². The van der Waals surface area contributed by atoms with Crippen LogP contribution in [-0.4, -0.2) is 32.8 Å². The molecule has 0 aromatic heterocycles. The Bertz CT molecular complexity index is 415. The molecule has 2 rings (SSSR count). The third kappa shape index (κ3) is 4.76. The minimum absolute atomic E-state index is 0.690. The van der Waals surface area contributed by atoms with E-state index in [0.717, 1.165) is 45.8 Å². The van der Waals surface area contributed by atoms with Gasteiger partial charge < -0.3 is 15.0 Å². The van der Waals surface area contributed by atoms with Crippen LogP contribution in [0.15, 0.2) is 22.7 Å². The van der Waals surface area contributed by atoms with Crippen molar-refractivity contribution in [2.75, 3.05) is 37.7 Å². The minimum atomic E-state index is 0.690. The number of halogens is 1. The molecule has 0 radical (unpaired) electrons. The van der Waals surface area contributed by atoms with E-state index in [2.05, 4.69) is 58.2 Å².